The van der Waals surface area contributed by atoms with Crippen LogP contribution in [-0.4, -0.2) is 57.0 Å². The van der Waals surface area contributed by atoms with E-state index in [2.05, 4.69) is 4.98 Å². The molecule has 9 heteroatoms. The predicted molar refractivity (Wildman–Crippen MR) is 133 cm³/mol. The van der Waals surface area contributed by atoms with Crippen molar-refractivity contribution in [3.8, 4) is 0 Å². The molecule has 9 nitrogen and oxygen atoms in total. The number of aliphatic hydroxyl groups excluding tert-OH is 2. The summed E-state index contributed by atoms with van der Waals surface area (Å²) in [5, 5.41) is 21.6. The van der Waals surface area contributed by atoms with E-state index in [1.54, 1.807) is 26.8 Å². The van der Waals surface area contributed by atoms with Crippen molar-refractivity contribution in [1.29, 1.82) is 0 Å². The number of Topliss-reactive ketones (excluding diaryl/α,β-unsaturated/α-hetero) is 1. The summed E-state index contributed by atoms with van der Waals surface area (Å²) in [6.45, 7) is 10.7. The van der Waals surface area contributed by atoms with Crippen molar-refractivity contribution in [1.82, 2.24) is 4.98 Å². The zero-order chi connectivity index (χ0) is 26.8. The molecule has 2 unspecified atom stereocenters. The molecule has 0 bridgehead atoms. The summed E-state index contributed by atoms with van der Waals surface area (Å²) >= 11 is 0. The summed E-state index contributed by atoms with van der Waals surface area (Å²) in [6.07, 6.45) is 4.85. The number of cyclic esters (lactones) is 1. The van der Waals surface area contributed by atoms with E-state index in [0.717, 1.165) is 5.57 Å². The van der Waals surface area contributed by atoms with Crippen LogP contribution in [0.4, 0.5) is 0 Å². The van der Waals surface area contributed by atoms with E-state index >= 15 is 0 Å². The molecule has 0 amide bonds. The first kappa shape index (κ1) is 28.2. The van der Waals surface area contributed by atoms with Gasteiger partial charge in [0, 0.05) is 18.3 Å². The van der Waals surface area contributed by atoms with E-state index in [1.165, 1.54) is 6.26 Å². The molecule has 2 aliphatic rings. The fourth-order valence-electron chi connectivity index (χ4n) is 4.71. The van der Waals surface area contributed by atoms with Gasteiger partial charge in [0.25, 0.3) is 0 Å². The monoisotopic (exact) mass is 504 g/mol. The first-order valence-corrected chi connectivity index (χ1v) is 12.6. The van der Waals surface area contributed by atoms with Crippen LogP contribution in [0.15, 0.2) is 28.4 Å². The van der Waals surface area contributed by atoms with E-state index in [1.807, 2.05) is 32.9 Å². The van der Waals surface area contributed by atoms with Crippen molar-refractivity contribution in [3.05, 3.63) is 35.6 Å². The third-order valence-corrected chi connectivity index (χ3v) is 7.62. The number of oxazole rings is 1. The summed E-state index contributed by atoms with van der Waals surface area (Å²) in [5.74, 6) is -1.53. The Morgan fingerprint density at radius 3 is 2.58 bits per heavy atom. The smallest absolute Gasteiger partial charge is 0.309 e. The van der Waals surface area contributed by atoms with Gasteiger partial charge in [0.05, 0.1) is 42.3 Å². The zero-order valence-electron chi connectivity index (χ0n) is 22.1. The number of aromatic nitrogens is 1. The van der Waals surface area contributed by atoms with Gasteiger partial charge >= 0.3 is 5.97 Å². The van der Waals surface area contributed by atoms with Crippen LogP contribution in [0.25, 0.3) is 6.08 Å². The first-order valence-electron chi connectivity index (χ1n) is 12.6. The van der Waals surface area contributed by atoms with Gasteiger partial charge in [0.15, 0.2) is 0 Å². The standard InChI is InChI=1S/C27H40N2O7/c1-15-8-7-9-27(6)21(36-27)11-19(16(2)10-18-14-34-22(13-28)29-18)35-23(31)12-20(30)26(4,5)25(33)17(3)24(15)32/h7-8,10,14-15,17,19-21,24,30,32H,9,11-13,28H2,1-6H3/t15-,17+,19-,20-,21?,24-,27?/m0/s1. The largest absolute Gasteiger partial charge is 0.458 e. The predicted octanol–water partition coefficient (Wildman–Crippen LogP) is 2.94. The number of carbonyl (C=O) groups excluding carboxylic acids is 2. The fourth-order valence-corrected chi connectivity index (χ4v) is 4.71. The van der Waals surface area contributed by atoms with Crippen molar-refractivity contribution in [2.24, 2.45) is 23.0 Å². The van der Waals surface area contributed by atoms with Crippen LogP contribution in [0.5, 0.6) is 0 Å². The molecule has 1 fully saturated rings. The number of aliphatic hydroxyl groups is 2. The topological polar surface area (TPSA) is 148 Å². The van der Waals surface area contributed by atoms with Gasteiger partial charge in [-0.05, 0) is 31.9 Å². The Bertz CT molecular complexity index is 1010. The first-order chi connectivity index (χ1) is 16.8. The molecule has 7 atom stereocenters. The summed E-state index contributed by atoms with van der Waals surface area (Å²) in [7, 11) is 0. The van der Waals surface area contributed by atoms with Gasteiger partial charge in [-0.2, -0.15) is 0 Å². The van der Waals surface area contributed by atoms with Gasteiger partial charge in [-0.15, -0.1) is 0 Å². The average molecular weight is 505 g/mol. The molecule has 0 spiro atoms. The summed E-state index contributed by atoms with van der Waals surface area (Å²) in [5.41, 5.74) is 5.20. The lowest BCUT2D eigenvalue weighted by Gasteiger charge is -2.34. The van der Waals surface area contributed by atoms with Gasteiger partial charge in [-0.25, -0.2) is 4.98 Å². The number of rotatable bonds is 3. The Labute approximate surface area is 212 Å². The third kappa shape index (κ3) is 6.32. The minimum absolute atomic E-state index is 0.143. The molecule has 1 aromatic rings. The molecular formula is C27H40N2O7. The number of ether oxygens (including phenoxy) is 2. The fraction of sp³-hybridized carbons (Fsp3) is 0.667. The highest BCUT2D eigenvalue weighted by Crippen LogP contribution is 2.44. The van der Waals surface area contributed by atoms with Gasteiger partial charge in [0.1, 0.15) is 23.8 Å². The quantitative estimate of drug-likeness (QED) is 0.321. The molecule has 3 rings (SSSR count). The van der Waals surface area contributed by atoms with E-state index in [-0.39, 0.29) is 30.8 Å². The van der Waals surface area contributed by atoms with Crippen LogP contribution in [0.1, 0.15) is 72.4 Å². The average Bonchev–Trinajstić information content (AvgIpc) is 3.23. The second-order valence-corrected chi connectivity index (χ2v) is 11.0. The van der Waals surface area contributed by atoms with E-state index in [4.69, 9.17) is 19.6 Å². The summed E-state index contributed by atoms with van der Waals surface area (Å²) in [4.78, 5) is 30.4. The maximum atomic E-state index is 13.2. The number of nitrogens with zero attached hydrogens (tertiary/aromatic N) is 1. The van der Waals surface area contributed by atoms with E-state index in [9.17, 15) is 19.8 Å². The van der Waals surface area contributed by atoms with Gasteiger partial charge in [0.2, 0.25) is 5.89 Å². The zero-order valence-corrected chi connectivity index (χ0v) is 22.1. The Morgan fingerprint density at radius 1 is 1.25 bits per heavy atom. The third-order valence-electron chi connectivity index (χ3n) is 7.62. The van der Waals surface area contributed by atoms with Crippen molar-refractivity contribution >= 4 is 17.8 Å². The Balaban J connectivity index is 1.89. The molecule has 2 aliphatic heterocycles. The number of hydrogen-bond donors (Lipinski definition) is 3. The molecule has 200 valence electrons. The van der Waals surface area contributed by atoms with Crippen LogP contribution in [0, 0.1) is 17.3 Å². The number of nitrogens with two attached hydrogens (primary N) is 1. The number of ketones is 1. The van der Waals surface area contributed by atoms with Crippen LogP contribution in [0.2, 0.25) is 0 Å². The SMILES string of the molecule is CC(=Cc1coc(CN)n1)[C@@H]1CC2OC2(C)CC=C[C@H](C)[C@H](O)[C@@H](C)C(=O)C(C)(C)[C@@H](O)CC(=O)O1. The lowest BCUT2D eigenvalue weighted by atomic mass is 9.73. The van der Waals surface area contributed by atoms with Crippen LogP contribution in [0.3, 0.4) is 0 Å². The molecule has 1 aromatic heterocycles. The van der Waals surface area contributed by atoms with E-state index in [0.29, 0.717) is 24.4 Å². The van der Waals surface area contributed by atoms with Gasteiger partial charge in [-0.1, -0.05) is 39.8 Å². The molecule has 0 aromatic carbocycles. The number of fused-ring (bicyclic) bond motifs is 1. The minimum atomic E-state index is -1.28. The minimum Gasteiger partial charge on any atom is -0.458 e. The highest BCUT2D eigenvalue weighted by atomic mass is 16.6. The number of hydrogen-bond acceptors (Lipinski definition) is 9. The van der Waals surface area contributed by atoms with Crippen molar-refractivity contribution in [2.45, 2.75) is 97.4 Å². The molecule has 1 saturated heterocycles. The van der Waals surface area contributed by atoms with Gasteiger partial charge < -0.3 is 29.8 Å². The second kappa shape index (κ2) is 11.0. The second-order valence-electron chi connectivity index (χ2n) is 11.0. The maximum absolute atomic E-state index is 13.2. The normalized spacial score (nSPS) is 36.3. The highest BCUT2D eigenvalue weighted by molar-refractivity contribution is 5.88. The molecule has 0 radical (unpaired) electrons. The number of carbonyl (C=O) groups is 2. The van der Waals surface area contributed by atoms with E-state index < -0.39 is 41.2 Å². The lowest BCUT2D eigenvalue weighted by Crippen LogP contribution is -2.45. The molecule has 4 N–H and O–H groups in total. The van der Waals surface area contributed by atoms with Crippen molar-refractivity contribution in [2.75, 3.05) is 0 Å². The Kier molecular flexibility index (Phi) is 8.60. The Hall–Kier alpha value is -2.33. The number of esters is 1. The molecule has 36 heavy (non-hydrogen) atoms. The number of epoxide rings is 1. The van der Waals surface area contributed by atoms with Crippen LogP contribution in [-0.2, 0) is 25.6 Å². The molecular weight excluding hydrogens is 464 g/mol. The summed E-state index contributed by atoms with van der Waals surface area (Å²) < 4.78 is 17.1. The van der Waals surface area contributed by atoms with Crippen molar-refractivity contribution < 1.29 is 33.7 Å². The summed E-state index contributed by atoms with van der Waals surface area (Å²) in [6, 6.07) is 0. The van der Waals surface area contributed by atoms with Crippen LogP contribution < -0.4 is 5.73 Å². The maximum Gasteiger partial charge on any atom is 0.309 e. The molecule has 3 heterocycles. The Morgan fingerprint density at radius 2 is 1.94 bits per heavy atom. The van der Waals surface area contributed by atoms with Crippen LogP contribution >= 0.6 is 0 Å². The highest BCUT2D eigenvalue weighted by Gasteiger charge is 2.52. The molecule has 0 saturated carbocycles. The van der Waals surface area contributed by atoms with Crippen molar-refractivity contribution in [3.63, 3.8) is 0 Å². The van der Waals surface area contributed by atoms with Gasteiger partial charge in [-0.3, -0.25) is 9.59 Å². The lowest BCUT2D eigenvalue weighted by molar-refractivity contribution is -0.154. The molecule has 0 aliphatic carbocycles.